The minimum absolute atomic E-state index is 0.297. The highest BCUT2D eigenvalue weighted by Crippen LogP contribution is 2.19. The van der Waals surface area contributed by atoms with Crippen molar-refractivity contribution < 1.29 is 5.11 Å². The van der Waals surface area contributed by atoms with E-state index in [9.17, 15) is 5.11 Å². The summed E-state index contributed by atoms with van der Waals surface area (Å²) in [6, 6.07) is 0. The molecule has 0 aliphatic heterocycles. The van der Waals surface area contributed by atoms with Crippen molar-refractivity contribution in [3.8, 4) is 0 Å². The Morgan fingerprint density at radius 3 is 2.70 bits per heavy atom. The van der Waals surface area contributed by atoms with E-state index < -0.39 is 6.10 Å². The smallest absolute Gasteiger partial charge is 0.226 e. The molecule has 1 unspecified atom stereocenters. The van der Waals surface area contributed by atoms with Crippen molar-refractivity contribution >= 4 is 22.9 Å². The number of H-pyrrole nitrogens is 1. The van der Waals surface area contributed by atoms with Gasteiger partial charge < -0.3 is 20.7 Å². The van der Waals surface area contributed by atoms with Gasteiger partial charge in [0.1, 0.15) is 5.52 Å². The van der Waals surface area contributed by atoms with Gasteiger partial charge in [0.05, 0.1) is 12.4 Å². The molecule has 110 valence electrons. The molecule has 7 heteroatoms. The fourth-order valence-electron chi connectivity index (χ4n) is 2.27. The lowest BCUT2D eigenvalue weighted by Gasteiger charge is -2.20. The van der Waals surface area contributed by atoms with E-state index in [2.05, 4.69) is 44.4 Å². The molecular weight excluding hydrogens is 256 g/mol. The molecule has 0 fully saturated rings. The first-order valence-corrected chi connectivity index (χ1v) is 7.00. The van der Waals surface area contributed by atoms with Crippen LogP contribution in [0.3, 0.4) is 0 Å². The lowest BCUT2D eigenvalue weighted by molar-refractivity contribution is 0.114. The predicted octanol–water partition coefficient (Wildman–Crippen LogP) is 1.60. The summed E-state index contributed by atoms with van der Waals surface area (Å²) in [5, 5.41) is 16.3. The molecule has 2 heterocycles. The van der Waals surface area contributed by atoms with Crippen LogP contribution >= 0.6 is 0 Å². The lowest BCUT2D eigenvalue weighted by atomic mass is 9.96. The van der Waals surface area contributed by atoms with Crippen molar-refractivity contribution in [3.05, 3.63) is 6.33 Å². The molecule has 2 aromatic heterocycles. The Balaban J connectivity index is 2.14. The summed E-state index contributed by atoms with van der Waals surface area (Å²) < 4.78 is 0. The summed E-state index contributed by atoms with van der Waals surface area (Å²) in [6.45, 7) is 4.64. The van der Waals surface area contributed by atoms with E-state index in [0.717, 1.165) is 18.4 Å². The summed E-state index contributed by atoms with van der Waals surface area (Å²) in [6.07, 6.45) is 3.12. The summed E-state index contributed by atoms with van der Waals surface area (Å²) in [5.74, 6) is 1.45. The first kappa shape index (κ1) is 14.5. The molecule has 7 nitrogen and oxygen atoms in total. The minimum atomic E-state index is -0.393. The molecular formula is C13H22N6O. The van der Waals surface area contributed by atoms with Crippen LogP contribution in [-0.4, -0.2) is 44.7 Å². The van der Waals surface area contributed by atoms with E-state index in [1.54, 1.807) is 13.4 Å². The average Bonchev–Trinajstić information content (AvgIpc) is 2.94. The van der Waals surface area contributed by atoms with Crippen LogP contribution in [0.5, 0.6) is 0 Å². The molecule has 2 rings (SSSR count). The normalized spacial score (nSPS) is 12.8. The average molecular weight is 278 g/mol. The second-order valence-electron chi connectivity index (χ2n) is 4.77. The maximum Gasteiger partial charge on any atom is 0.226 e. The van der Waals surface area contributed by atoms with Crippen molar-refractivity contribution in [3.63, 3.8) is 0 Å². The molecule has 0 saturated carbocycles. The topological polar surface area (TPSA) is 98.8 Å². The van der Waals surface area contributed by atoms with Crippen LogP contribution in [0.15, 0.2) is 6.33 Å². The Morgan fingerprint density at radius 1 is 1.30 bits per heavy atom. The molecule has 0 spiro atoms. The summed E-state index contributed by atoms with van der Waals surface area (Å²) in [7, 11) is 1.76. The van der Waals surface area contributed by atoms with Crippen LogP contribution < -0.4 is 10.6 Å². The van der Waals surface area contributed by atoms with Crippen LogP contribution in [0.4, 0.5) is 11.8 Å². The first-order valence-electron chi connectivity index (χ1n) is 7.00. The van der Waals surface area contributed by atoms with Gasteiger partial charge >= 0.3 is 0 Å². The van der Waals surface area contributed by atoms with E-state index in [-0.39, 0.29) is 0 Å². The Hall–Kier alpha value is -1.89. The maximum absolute atomic E-state index is 10.2. The monoisotopic (exact) mass is 278 g/mol. The van der Waals surface area contributed by atoms with Crippen LogP contribution in [0.1, 0.15) is 26.7 Å². The fourth-order valence-corrected chi connectivity index (χ4v) is 2.27. The van der Waals surface area contributed by atoms with E-state index in [0.29, 0.717) is 29.9 Å². The summed E-state index contributed by atoms with van der Waals surface area (Å²) in [5.41, 5.74) is 1.35. The summed E-state index contributed by atoms with van der Waals surface area (Å²) >= 11 is 0. The SMILES string of the molecule is CCC(CC)C(O)CNc1nc(NC)nc2nc[nH]c12. The molecule has 0 saturated heterocycles. The standard InChI is InChI=1S/C13H22N6O/c1-4-8(5-2)9(20)6-15-11-10-12(17-7-16-10)19-13(14-3)18-11/h7-9,20H,4-6H2,1-3H3,(H3,14,15,16,17,18,19). The van der Waals surface area contributed by atoms with E-state index in [1.165, 1.54) is 0 Å². The van der Waals surface area contributed by atoms with Gasteiger partial charge in [-0.3, -0.25) is 0 Å². The highest BCUT2D eigenvalue weighted by atomic mass is 16.3. The number of aliphatic hydroxyl groups excluding tert-OH is 1. The van der Waals surface area contributed by atoms with Crippen LogP contribution in [0, 0.1) is 5.92 Å². The third-order valence-corrected chi connectivity index (χ3v) is 3.58. The number of fused-ring (bicyclic) bond motifs is 1. The molecule has 2 aromatic rings. The number of nitrogens with one attached hydrogen (secondary N) is 3. The number of aliphatic hydroxyl groups is 1. The molecule has 0 radical (unpaired) electrons. The number of aromatic nitrogens is 4. The number of hydrogen-bond acceptors (Lipinski definition) is 6. The van der Waals surface area contributed by atoms with E-state index in [1.807, 2.05) is 0 Å². The van der Waals surface area contributed by atoms with Crippen molar-refractivity contribution in [1.82, 2.24) is 19.9 Å². The van der Waals surface area contributed by atoms with E-state index in [4.69, 9.17) is 0 Å². The number of anilines is 2. The molecule has 0 aliphatic rings. The van der Waals surface area contributed by atoms with Gasteiger partial charge in [-0.15, -0.1) is 0 Å². The van der Waals surface area contributed by atoms with Gasteiger partial charge in [-0.2, -0.15) is 9.97 Å². The zero-order valence-electron chi connectivity index (χ0n) is 12.1. The quantitative estimate of drug-likeness (QED) is 0.614. The van der Waals surface area contributed by atoms with E-state index >= 15 is 0 Å². The zero-order chi connectivity index (χ0) is 14.5. The largest absolute Gasteiger partial charge is 0.391 e. The Bertz CT molecular complexity index is 551. The highest BCUT2D eigenvalue weighted by Gasteiger charge is 2.16. The third kappa shape index (κ3) is 2.98. The number of rotatable bonds is 7. The number of imidazole rings is 1. The predicted molar refractivity (Wildman–Crippen MR) is 79.8 cm³/mol. The maximum atomic E-state index is 10.2. The lowest BCUT2D eigenvalue weighted by Crippen LogP contribution is -2.28. The van der Waals surface area contributed by atoms with Crippen LogP contribution in [-0.2, 0) is 0 Å². The number of nitrogens with zero attached hydrogens (tertiary/aromatic N) is 3. The van der Waals surface area contributed by atoms with Crippen molar-refractivity contribution in [2.75, 3.05) is 24.2 Å². The van der Waals surface area contributed by atoms with Crippen molar-refractivity contribution in [1.29, 1.82) is 0 Å². The third-order valence-electron chi connectivity index (χ3n) is 3.58. The van der Waals surface area contributed by atoms with Crippen LogP contribution in [0.25, 0.3) is 11.2 Å². The Labute approximate surface area is 118 Å². The van der Waals surface area contributed by atoms with Crippen molar-refractivity contribution in [2.45, 2.75) is 32.8 Å². The fraction of sp³-hybridized carbons (Fsp3) is 0.615. The number of aromatic amines is 1. The Morgan fingerprint density at radius 2 is 2.05 bits per heavy atom. The molecule has 4 N–H and O–H groups in total. The van der Waals surface area contributed by atoms with Gasteiger partial charge in [0, 0.05) is 13.6 Å². The molecule has 0 amide bonds. The van der Waals surface area contributed by atoms with Crippen molar-refractivity contribution in [2.24, 2.45) is 5.92 Å². The molecule has 0 aliphatic carbocycles. The second kappa shape index (κ2) is 6.51. The molecule has 20 heavy (non-hydrogen) atoms. The Kier molecular flexibility index (Phi) is 4.73. The number of hydrogen-bond donors (Lipinski definition) is 4. The second-order valence-corrected chi connectivity index (χ2v) is 4.77. The van der Waals surface area contributed by atoms with Gasteiger partial charge in [0.15, 0.2) is 11.5 Å². The molecule has 1 atom stereocenters. The van der Waals surface area contributed by atoms with Gasteiger partial charge in [0.2, 0.25) is 5.95 Å². The van der Waals surface area contributed by atoms with Gasteiger partial charge in [-0.1, -0.05) is 26.7 Å². The minimum Gasteiger partial charge on any atom is -0.391 e. The van der Waals surface area contributed by atoms with Crippen LogP contribution in [0.2, 0.25) is 0 Å². The highest BCUT2D eigenvalue weighted by molar-refractivity contribution is 5.83. The van der Waals surface area contributed by atoms with Gasteiger partial charge in [-0.05, 0) is 5.92 Å². The van der Waals surface area contributed by atoms with Gasteiger partial charge in [0.25, 0.3) is 0 Å². The van der Waals surface area contributed by atoms with Gasteiger partial charge in [-0.25, -0.2) is 4.98 Å². The first-order chi connectivity index (χ1) is 9.69. The zero-order valence-corrected chi connectivity index (χ0v) is 12.1. The molecule has 0 aromatic carbocycles. The molecule has 0 bridgehead atoms. The summed E-state index contributed by atoms with van der Waals surface area (Å²) in [4.78, 5) is 15.7.